The van der Waals surface area contributed by atoms with Gasteiger partial charge in [0.1, 0.15) is 12.4 Å². The van der Waals surface area contributed by atoms with Crippen molar-refractivity contribution in [2.75, 3.05) is 20.2 Å². The molecule has 0 aromatic heterocycles. The maximum Gasteiger partial charge on any atom is 0.245 e. The van der Waals surface area contributed by atoms with Crippen molar-refractivity contribution in [3.8, 4) is 5.75 Å². The van der Waals surface area contributed by atoms with Gasteiger partial charge in [0.15, 0.2) is 0 Å². The number of benzene rings is 1. The van der Waals surface area contributed by atoms with Crippen molar-refractivity contribution in [1.82, 2.24) is 4.90 Å². The van der Waals surface area contributed by atoms with Gasteiger partial charge in [-0.25, -0.2) is 0 Å². The number of halogens is 1. The van der Waals surface area contributed by atoms with Gasteiger partial charge in [0.2, 0.25) is 5.91 Å². The van der Waals surface area contributed by atoms with Crippen LogP contribution in [0.25, 0.3) is 0 Å². The van der Waals surface area contributed by atoms with E-state index >= 15 is 0 Å². The van der Waals surface area contributed by atoms with E-state index in [1.54, 1.807) is 11.9 Å². The minimum Gasteiger partial charge on any atom is -0.492 e. The number of hydrogen-bond acceptors (Lipinski definition) is 2. The van der Waals surface area contributed by atoms with Crippen LogP contribution in [-0.4, -0.2) is 31.0 Å². The molecular formula is C12H14BrNO2. The van der Waals surface area contributed by atoms with Gasteiger partial charge in [-0.15, -0.1) is 0 Å². The Labute approximate surface area is 104 Å². The van der Waals surface area contributed by atoms with Crippen molar-refractivity contribution in [3.63, 3.8) is 0 Å². The average molecular weight is 284 g/mol. The Hall–Kier alpha value is -1.29. The van der Waals surface area contributed by atoms with Crippen LogP contribution in [0.5, 0.6) is 5.75 Å². The van der Waals surface area contributed by atoms with Gasteiger partial charge < -0.3 is 9.64 Å². The maximum atomic E-state index is 11.1. The van der Waals surface area contributed by atoms with E-state index in [0.29, 0.717) is 13.2 Å². The van der Waals surface area contributed by atoms with Gasteiger partial charge in [0.25, 0.3) is 0 Å². The molecule has 16 heavy (non-hydrogen) atoms. The molecule has 0 aliphatic carbocycles. The molecule has 0 N–H and O–H groups in total. The van der Waals surface area contributed by atoms with Gasteiger partial charge in [0, 0.05) is 11.5 Å². The third-order valence-corrected chi connectivity index (χ3v) is 2.59. The van der Waals surface area contributed by atoms with E-state index in [-0.39, 0.29) is 5.91 Å². The third-order valence-electron chi connectivity index (χ3n) is 2.06. The molecular weight excluding hydrogens is 270 g/mol. The fourth-order valence-corrected chi connectivity index (χ4v) is 1.36. The molecule has 86 valence electrons. The lowest BCUT2D eigenvalue weighted by atomic mass is 10.3. The van der Waals surface area contributed by atoms with Gasteiger partial charge in [-0.3, -0.25) is 4.79 Å². The van der Waals surface area contributed by atoms with E-state index in [1.807, 2.05) is 24.3 Å². The minimum atomic E-state index is -0.0978. The molecule has 0 aliphatic heterocycles. The van der Waals surface area contributed by atoms with Crippen LogP contribution in [0.2, 0.25) is 0 Å². The number of amides is 1. The van der Waals surface area contributed by atoms with E-state index < -0.39 is 0 Å². The summed E-state index contributed by atoms with van der Waals surface area (Å²) in [6, 6.07) is 7.57. The molecule has 1 amide bonds. The fourth-order valence-electron chi connectivity index (χ4n) is 1.10. The first-order chi connectivity index (χ1) is 7.63. The average Bonchev–Trinajstić information content (AvgIpc) is 2.30. The number of likely N-dealkylation sites (N-methyl/N-ethyl adjacent to an activating group) is 1. The first-order valence-electron chi connectivity index (χ1n) is 4.89. The normalized spacial score (nSPS) is 9.62. The summed E-state index contributed by atoms with van der Waals surface area (Å²) in [5.74, 6) is 0.696. The Morgan fingerprint density at radius 3 is 2.69 bits per heavy atom. The van der Waals surface area contributed by atoms with Crippen LogP contribution < -0.4 is 4.74 Å². The van der Waals surface area contributed by atoms with Crippen molar-refractivity contribution in [1.29, 1.82) is 0 Å². The summed E-state index contributed by atoms with van der Waals surface area (Å²) in [5.41, 5.74) is 0. The number of hydrogen-bond donors (Lipinski definition) is 0. The highest BCUT2D eigenvalue weighted by atomic mass is 79.9. The lowest BCUT2D eigenvalue weighted by molar-refractivity contribution is -0.125. The molecule has 1 aromatic rings. The predicted molar refractivity (Wildman–Crippen MR) is 67.5 cm³/mol. The molecule has 0 saturated heterocycles. The molecule has 0 bridgehead atoms. The lowest BCUT2D eigenvalue weighted by Crippen LogP contribution is -2.29. The van der Waals surface area contributed by atoms with E-state index in [0.717, 1.165) is 10.2 Å². The zero-order valence-electron chi connectivity index (χ0n) is 9.15. The summed E-state index contributed by atoms with van der Waals surface area (Å²) in [6.07, 6.45) is 1.29. The fraction of sp³-hybridized carbons (Fsp3) is 0.250. The van der Waals surface area contributed by atoms with Gasteiger partial charge in [-0.05, 0) is 30.3 Å². The van der Waals surface area contributed by atoms with Crippen LogP contribution in [-0.2, 0) is 4.79 Å². The summed E-state index contributed by atoms with van der Waals surface area (Å²) >= 11 is 3.35. The number of nitrogens with zero attached hydrogens (tertiary/aromatic N) is 1. The largest absolute Gasteiger partial charge is 0.492 e. The molecule has 1 rings (SSSR count). The van der Waals surface area contributed by atoms with E-state index in [1.165, 1.54) is 6.08 Å². The second-order valence-corrected chi connectivity index (χ2v) is 4.18. The predicted octanol–water partition coefficient (Wildman–Crippen LogP) is 2.47. The first-order valence-corrected chi connectivity index (χ1v) is 5.68. The van der Waals surface area contributed by atoms with E-state index in [9.17, 15) is 4.79 Å². The number of ether oxygens (including phenoxy) is 1. The Morgan fingerprint density at radius 2 is 2.12 bits per heavy atom. The topological polar surface area (TPSA) is 29.5 Å². The maximum absolute atomic E-state index is 11.1. The third kappa shape index (κ3) is 4.06. The summed E-state index contributed by atoms with van der Waals surface area (Å²) in [5, 5.41) is 0. The molecule has 0 spiro atoms. The second kappa shape index (κ2) is 6.33. The highest BCUT2D eigenvalue weighted by Gasteiger charge is 2.03. The summed E-state index contributed by atoms with van der Waals surface area (Å²) in [7, 11) is 1.72. The zero-order chi connectivity index (χ0) is 12.0. The van der Waals surface area contributed by atoms with Gasteiger partial charge >= 0.3 is 0 Å². The molecule has 0 radical (unpaired) electrons. The molecule has 0 unspecified atom stereocenters. The minimum absolute atomic E-state index is 0.0978. The monoisotopic (exact) mass is 283 g/mol. The number of carbonyl (C=O) groups excluding carboxylic acids is 1. The van der Waals surface area contributed by atoms with Crippen LogP contribution in [0.4, 0.5) is 0 Å². The Kier molecular flexibility index (Phi) is 5.05. The van der Waals surface area contributed by atoms with Gasteiger partial charge in [0.05, 0.1) is 6.54 Å². The van der Waals surface area contributed by atoms with Crippen LogP contribution in [0.15, 0.2) is 41.4 Å². The van der Waals surface area contributed by atoms with Gasteiger partial charge in [-0.1, -0.05) is 22.5 Å². The summed E-state index contributed by atoms with van der Waals surface area (Å²) in [6.45, 7) is 4.43. The quantitative estimate of drug-likeness (QED) is 0.777. The highest BCUT2D eigenvalue weighted by Crippen LogP contribution is 2.15. The smallest absolute Gasteiger partial charge is 0.245 e. The van der Waals surface area contributed by atoms with Crippen LogP contribution in [0, 0.1) is 0 Å². The molecule has 0 atom stereocenters. The number of rotatable bonds is 5. The van der Waals surface area contributed by atoms with Crippen LogP contribution >= 0.6 is 15.9 Å². The SMILES string of the molecule is C=CC(=O)N(C)CCOc1ccc(Br)cc1. The van der Waals surface area contributed by atoms with Crippen molar-refractivity contribution < 1.29 is 9.53 Å². The highest BCUT2D eigenvalue weighted by molar-refractivity contribution is 9.10. The van der Waals surface area contributed by atoms with Crippen molar-refractivity contribution in [2.24, 2.45) is 0 Å². The molecule has 0 fully saturated rings. The van der Waals surface area contributed by atoms with E-state index in [2.05, 4.69) is 22.5 Å². The number of carbonyl (C=O) groups is 1. The van der Waals surface area contributed by atoms with Crippen molar-refractivity contribution >= 4 is 21.8 Å². The Morgan fingerprint density at radius 1 is 1.50 bits per heavy atom. The molecule has 3 nitrogen and oxygen atoms in total. The van der Waals surface area contributed by atoms with E-state index in [4.69, 9.17) is 4.74 Å². The lowest BCUT2D eigenvalue weighted by Gasteiger charge is -2.15. The molecule has 1 aromatic carbocycles. The molecule has 4 heteroatoms. The molecule has 0 aliphatic rings. The second-order valence-electron chi connectivity index (χ2n) is 3.27. The zero-order valence-corrected chi connectivity index (χ0v) is 10.7. The summed E-state index contributed by atoms with van der Waals surface area (Å²) < 4.78 is 6.49. The van der Waals surface area contributed by atoms with Crippen LogP contribution in [0.3, 0.4) is 0 Å². The van der Waals surface area contributed by atoms with Gasteiger partial charge in [-0.2, -0.15) is 0 Å². The molecule has 0 heterocycles. The van der Waals surface area contributed by atoms with Crippen molar-refractivity contribution in [3.05, 3.63) is 41.4 Å². The first kappa shape index (κ1) is 12.8. The Bertz CT molecular complexity index is 362. The summed E-state index contributed by atoms with van der Waals surface area (Å²) in [4.78, 5) is 12.7. The Balaban J connectivity index is 2.33. The standard InChI is InChI=1S/C12H14BrNO2/c1-3-12(15)14(2)8-9-16-11-6-4-10(13)5-7-11/h3-7H,1,8-9H2,2H3. The van der Waals surface area contributed by atoms with Crippen molar-refractivity contribution in [2.45, 2.75) is 0 Å². The molecule has 0 saturated carbocycles. The van der Waals surface area contributed by atoms with Crippen LogP contribution in [0.1, 0.15) is 0 Å².